The molecule has 0 atom stereocenters. The van der Waals surface area contributed by atoms with Crippen molar-refractivity contribution in [3.63, 3.8) is 0 Å². The van der Waals surface area contributed by atoms with Crippen LogP contribution in [-0.2, 0) is 23.7 Å². The van der Waals surface area contributed by atoms with Gasteiger partial charge in [-0.1, -0.05) is 59.7 Å². The highest BCUT2D eigenvalue weighted by Crippen LogP contribution is 2.31. The Bertz CT molecular complexity index is 691. The molecule has 0 aromatic heterocycles. The zero-order chi connectivity index (χ0) is 19.5. The lowest BCUT2D eigenvalue weighted by Crippen LogP contribution is -2.17. The summed E-state index contributed by atoms with van der Waals surface area (Å²) >= 11 is 0. The number of aryl methyl sites for hydroxylation is 2. The summed E-state index contributed by atoms with van der Waals surface area (Å²) in [6.45, 7) is 13.7. The first-order valence-corrected chi connectivity index (χ1v) is 9.40. The highest BCUT2D eigenvalue weighted by atomic mass is 16.5. The fraction of sp³-hybridized carbons (Fsp3) is 0.500. The zero-order valence-electron chi connectivity index (χ0n) is 17.7. The van der Waals surface area contributed by atoms with Gasteiger partial charge in [0.1, 0.15) is 11.5 Å². The van der Waals surface area contributed by atoms with Crippen molar-refractivity contribution >= 4 is 0 Å². The summed E-state index contributed by atoms with van der Waals surface area (Å²) in [6, 6.07) is 13.2. The van der Waals surface area contributed by atoms with Crippen molar-refractivity contribution in [1.29, 1.82) is 0 Å². The number of hydrogen-bond acceptors (Lipinski definition) is 2. The van der Waals surface area contributed by atoms with E-state index in [0.717, 1.165) is 24.3 Å². The molecule has 0 unspecified atom stereocenters. The van der Waals surface area contributed by atoms with E-state index in [1.165, 1.54) is 22.3 Å². The summed E-state index contributed by atoms with van der Waals surface area (Å²) in [5, 5.41) is 0. The van der Waals surface area contributed by atoms with Gasteiger partial charge < -0.3 is 9.47 Å². The molecule has 2 nitrogen and oxygen atoms in total. The SMILES string of the molecule is COc1cc(CCc2cc(C(C)(C)C)cc(C(C)(C)C)c2)cc(OC)c1. The van der Waals surface area contributed by atoms with E-state index in [-0.39, 0.29) is 10.8 Å². The number of ether oxygens (including phenoxy) is 2. The standard InChI is InChI=1S/C24H34O2/c1-23(2,3)19-11-17(12-20(15-19)24(4,5)6)9-10-18-13-21(25-7)16-22(14-18)26-8/h11-16H,9-10H2,1-8H3. The molecule has 0 radical (unpaired) electrons. The topological polar surface area (TPSA) is 18.5 Å². The minimum absolute atomic E-state index is 0.148. The summed E-state index contributed by atoms with van der Waals surface area (Å²) in [4.78, 5) is 0. The largest absolute Gasteiger partial charge is 0.497 e. The van der Waals surface area contributed by atoms with Gasteiger partial charge in [0, 0.05) is 6.07 Å². The van der Waals surface area contributed by atoms with E-state index in [0.29, 0.717) is 0 Å². The van der Waals surface area contributed by atoms with Crippen LogP contribution < -0.4 is 9.47 Å². The Hall–Kier alpha value is -1.96. The van der Waals surface area contributed by atoms with Crippen molar-refractivity contribution in [2.75, 3.05) is 14.2 Å². The van der Waals surface area contributed by atoms with Crippen LogP contribution in [0, 0.1) is 0 Å². The predicted molar refractivity (Wildman–Crippen MR) is 111 cm³/mol. The van der Waals surface area contributed by atoms with Crippen molar-refractivity contribution < 1.29 is 9.47 Å². The average molecular weight is 355 g/mol. The third-order valence-corrected chi connectivity index (χ3v) is 4.84. The van der Waals surface area contributed by atoms with Crippen LogP contribution in [0.1, 0.15) is 63.8 Å². The predicted octanol–water partition coefficient (Wildman–Crippen LogP) is 6.08. The van der Waals surface area contributed by atoms with E-state index in [2.05, 4.69) is 71.9 Å². The maximum absolute atomic E-state index is 5.40. The molecule has 0 saturated carbocycles. The highest BCUT2D eigenvalue weighted by Gasteiger charge is 2.20. The third kappa shape index (κ3) is 5.27. The Kier molecular flexibility index (Phi) is 6.05. The van der Waals surface area contributed by atoms with E-state index in [1.807, 2.05) is 6.07 Å². The van der Waals surface area contributed by atoms with Crippen molar-refractivity contribution in [2.24, 2.45) is 0 Å². The van der Waals surface area contributed by atoms with Gasteiger partial charge in [-0.15, -0.1) is 0 Å². The number of hydrogen-bond donors (Lipinski definition) is 0. The summed E-state index contributed by atoms with van der Waals surface area (Å²) in [5.41, 5.74) is 5.74. The number of benzene rings is 2. The van der Waals surface area contributed by atoms with Crippen LogP contribution in [0.2, 0.25) is 0 Å². The molecule has 2 aromatic rings. The molecule has 0 amide bonds. The van der Waals surface area contributed by atoms with Gasteiger partial charge in [0.25, 0.3) is 0 Å². The molecular formula is C24H34O2. The lowest BCUT2D eigenvalue weighted by atomic mass is 9.79. The second kappa shape index (κ2) is 7.73. The molecule has 0 spiro atoms. The summed E-state index contributed by atoms with van der Waals surface area (Å²) in [5.74, 6) is 1.69. The third-order valence-electron chi connectivity index (χ3n) is 4.84. The van der Waals surface area contributed by atoms with Crippen LogP contribution in [0.5, 0.6) is 11.5 Å². The Morgan fingerprint density at radius 2 is 0.962 bits per heavy atom. The van der Waals surface area contributed by atoms with E-state index in [1.54, 1.807) is 14.2 Å². The van der Waals surface area contributed by atoms with E-state index in [4.69, 9.17) is 9.47 Å². The van der Waals surface area contributed by atoms with Crippen molar-refractivity contribution in [2.45, 2.75) is 65.2 Å². The number of rotatable bonds is 5. The Morgan fingerprint density at radius 1 is 0.577 bits per heavy atom. The first kappa shape index (κ1) is 20.4. The molecule has 0 N–H and O–H groups in total. The smallest absolute Gasteiger partial charge is 0.122 e. The normalized spacial score (nSPS) is 12.2. The molecule has 2 aromatic carbocycles. The molecule has 2 heteroatoms. The minimum Gasteiger partial charge on any atom is -0.497 e. The van der Waals surface area contributed by atoms with Crippen LogP contribution in [0.3, 0.4) is 0 Å². The van der Waals surface area contributed by atoms with Gasteiger partial charge in [0.15, 0.2) is 0 Å². The van der Waals surface area contributed by atoms with Crippen LogP contribution in [0.25, 0.3) is 0 Å². The average Bonchev–Trinajstić information content (AvgIpc) is 2.57. The lowest BCUT2D eigenvalue weighted by Gasteiger charge is -2.26. The first-order chi connectivity index (χ1) is 12.0. The molecule has 0 aliphatic heterocycles. The minimum atomic E-state index is 0.148. The van der Waals surface area contributed by atoms with Crippen molar-refractivity contribution in [3.8, 4) is 11.5 Å². The van der Waals surface area contributed by atoms with E-state index >= 15 is 0 Å². The molecule has 0 bridgehead atoms. The maximum atomic E-state index is 5.40. The molecule has 0 aliphatic rings. The van der Waals surface area contributed by atoms with Crippen molar-refractivity contribution in [1.82, 2.24) is 0 Å². The van der Waals surface area contributed by atoms with Gasteiger partial charge in [-0.3, -0.25) is 0 Å². The molecular weight excluding hydrogens is 320 g/mol. The van der Waals surface area contributed by atoms with Gasteiger partial charge >= 0.3 is 0 Å². The molecule has 26 heavy (non-hydrogen) atoms. The van der Waals surface area contributed by atoms with Crippen LogP contribution in [0.4, 0.5) is 0 Å². The lowest BCUT2D eigenvalue weighted by molar-refractivity contribution is 0.393. The highest BCUT2D eigenvalue weighted by molar-refractivity contribution is 5.40. The zero-order valence-corrected chi connectivity index (χ0v) is 17.7. The molecule has 0 aliphatic carbocycles. The first-order valence-electron chi connectivity index (χ1n) is 9.40. The van der Waals surface area contributed by atoms with E-state index in [9.17, 15) is 0 Å². The summed E-state index contributed by atoms with van der Waals surface area (Å²) in [6.07, 6.45) is 1.97. The van der Waals surface area contributed by atoms with Gasteiger partial charge in [-0.2, -0.15) is 0 Å². The Balaban J connectivity index is 2.32. The molecule has 142 valence electrons. The van der Waals surface area contributed by atoms with Crippen molar-refractivity contribution in [3.05, 3.63) is 58.7 Å². The Labute approximate surface area is 159 Å². The van der Waals surface area contributed by atoms with Crippen LogP contribution >= 0.6 is 0 Å². The summed E-state index contributed by atoms with van der Waals surface area (Å²) in [7, 11) is 3.39. The fourth-order valence-corrected chi connectivity index (χ4v) is 3.00. The molecule has 2 rings (SSSR count). The summed E-state index contributed by atoms with van der Waals surface area (Å²) < 4.78 is 10.8. The number of methoxy groups -OCH3 is 2. The second-order valence-corrected chi connectivity index (χ2v) is 9.14. The van der Waals surface area contributed by atoms with Gasteiger partial charge in [0.05, 0.1) is 14.2 Å². The monoisotopic (exact) mass is 354 g/mol. The van der Waals surface area contributed by atoms with E-state index < -0.39 is 0 Å². The Morgan fingerprint density at radius 3 is 1.31 bits per heavy atom. The fourth-order valence-electron chi connectivity index (χ4n) is 3.00. The quantitative estimate of drug-likeness (QED) is 0.647. The van der Waals surface area contributed by atoms with Gasteiger partial charge in [0.2, 0.25) is 0 Å². The van der Waals surface area contributed by atoms with Gasteiger partial charge in [-0.25, -0.2) is 0 Å². The van der Waals surface area contributed by atoms with Gasteiger partial charge in [-0.05, 0) is 58.1 Å². The van der Waals surface area contributed by atoms with Crippen LogP contribution in [0.15, 0.2) is 36.4 Å². The maximum Gasteiger partial charge on any atom is 0.122 e. The molecule has 0 saturated heterocycles. The molecule has 0 heterocycles. The second-order valence-electron chi connectivity index (χ2n) is 9.14. The molecule has 0 fully saturated rings. The van der Waals surface area contributed by atoms with Crippen LogP contribution in [-0.4, -0.2) is 14.2 Å².